The van der Waals surface area contributed by atoms with Crippen LogP contribution >= 0.6 is 12.4 Å². The molecule has 0 aliphatic carbocycles. The van der Waals surface area contributed by atoms with Crippen LogP contribution in [0.4, 0.5) is 5.69 Å². The normalized spacial score (nSPS) is 14.7. The van der Waals surface area contributed by atoms with E-state index in [0.717, 1.165) is 42.8 Å². The lowest BCUT2D eigenvalue weighted by atomic mass is 10.2. The number of benzene rings is 2. The summed E-state index contributed by atoms with van der Waals surface area (Å²) in [6.45, 7) is 5.57. The third kappa shape index (κ3) is 3.45. The van der Waals surface area contributed by atoms with Crippen molar-refractivity contribution < 1.29 is 13.2 Å². The molecular weight excluding hydrogens is 398 g/mol. The van der Waals surface area contributed by atoms with Crippen molar-refractivity contribution in [2.45, 2.75) is 11.8 Å². The third-order valence-electron chi connectivity index (χ3n) is 4.99. The molecule has 0 atom stereocenters. The van der Waals surface area contributed by atoms with Gasteiger partial charge in [0.2, 0.25) is 0 Å². The highest BCUT2D eigenvalue weighted by atomic mass is 35.5. The summed E-state index contributed by atoms with van der Waals surface area (Å²) in [5, 5.41) is 4.28. The highest BCUT2D eigenvalue weighted by Gasteiger charge is 2.24. The molecule has 0 unspecified atom stereocenters. The van der Waals surface area contributed by atoms with Crippen LogP contribution in [0.1, 0.15) is 5.56 Å². The summed E-state index contributed by atoms with van der Waals surface area (Å²) < 4.78 is 33.4. The Kier molecular flexibility index (Phi) is 5.88. The topological polar surface area (TPSA) is 63.6 Å². The second-order valence-corrected chi connectivity index (χ2v) is 8.50. The fourth-order valence-corrected chi connectivity index (χ4v) is 5.10. The minimum atomic E-state index is -3.77. The number of rotatable bonds is 4. The summed E-state index contributed by atoms with van der Waals surface area (Å²) >= 11 is 0. The molecule has 4 rings (SSSR count). The Morgan fingerprint density at radius 1 is 1.07 bits per heavy atom. The molecule has 0 saturated carbocycles. The first-order valence-corrected chi connectivity index (χ1v) is 10.4. The van der Waals surface area contributed by atoms with Crippen LogP contribution in [-0.2, 0) is 10.0 Å². The average Bonchev–Trinajstić information content (AvgIpc) is 3.13. The van der Waals surface area contributed by atoms with Crippen LogP contribution in [0.25, 0.3) is 10.9 Å². The summed E-state index contributed by atoms with van der Waals surface area (Å²) in [6.07, 6.45) is 1.63. The Hall–Kier alpha value is -2.22. The van der Waals surface area contributed by atoms with Gasteiger partial charge in [0.25, 0.3) is 10.0 Å². The first-order chi connectivity index (χ1) is 13.0. The van der Waals surface area contributed by atoms with E-state index in [0.29, 0.717) is 11.3 Å². The van der Waals surface area contributed by atoms with Crippen LogP contribution in [-0.4, -0.2) is 45.7 Å². The quantitative estimate of drug-likeness (QED) is 0.701. The maximum atomic E-state index is 13.3. The van der Waals surface area contributed by atoms with Gasteiger partial charge in [0.05, 0.1) is 12.6 Å². The van der Waals surface area contributed by atoms with Gasteiger partial charge in [0.15, 0.2) is 0 Å². The smallest absolute Gasteiger partial charge is 0.271 e. The van der Waals surface area contributed by atoms with Gasteiger partial charge in [-0.05, 0) is 42.8 Å². The first kappa shape index (κ1) is 20.5. The highest BCUT2D eigenvalue weighted by Crippen LogP contribution is 2.33. The molecule has 1 N–H and O–H groups in total. The number of aromatic nitrogens is 1. The van der Waals surface area contributed by atoms with E-state index in [1.165, 1.54) is 11.1 Å². The van der Waals surface area contributed by atoms with E-state index >= 15 is 0 Å². The van der Waals surface area contributed by atoms with Crippen LogP contribution in [0.15, 0.2) is 53.6 Å². The number of hydrogen-bond acceptors (Lipinski definition) is 5. The van der Waals surface area contributed by atoms with E-state index in [9.17, 15) is 8.42 Å². The standard InChI is InChI=1S/C20H23N3O3S.ClH/c1-15-6-7-20(19(14-15)26-2)27(24,25)23-11-8-16-17(4-3-5-18(16)23)22-12-9-21-10-13-22;/h3-8,11,14,21H,9-10,12-13H2,1-2H3;1H. The van der Waals surface area contributed by atoms with Gasteiger partial charge < -0.3 is 15.0 Å². The molecule has 6 nitrogen and oxygen atoms in total. The average molecular weight is 422 g/mol. The lowest BCUT2D eigenvalue weighted by Gasteiger charge is -2.30. The predicted molar refractivity (Wildman–Crippen MR) is 115 cm³/mol. The summed E-state index contributed by atoms with van der Waals surface area (Å²) in [5.41, 5.74) is 2.69. The Labute approximate surface area is 171 Å². The molecule has 3 aromatic rings. The van der Waals surface area contributed by atoms with Crippen molar-refractivity contribution in [3.63, 3.8) is 0 Å². The molecule has 2 aromatic carbocycles. The zero-order valence-electron chi connectivity index (χ0n) is 15.9. The Bertz CT molecular complexity index is 1090. The van der Waals surface area contributed by atoms with Gasteiger partial charge >= 0.3 is 0 Å². The van der Waals surface area contributed by atoms with Crippen molar-refractivity contribution in [3.8, 4) is 5.75 Å². The molecule has 8 heteroatoms. The largest absolute Gasteiger partial charge is 0.495 e. The maximum Gasteiger partial charge on any atom is 0.271 e. The van der Waals surface area contributed by atoms with Gasteiger partial charge in [0, 0.05) is 43.4 Å². The van der Waals surface area contributed by atoms with Gasteiger partial charge in [-0.3, -0.25) is 0 Å². The van der Waals surface area contributed by atoms with Crippen LogP contribution in [0, 0.1) is 6.92 Å². The molecular formula is C20H24ClN3O3S. The molecule has 1 aliphatic heterocycles. The molecule has 1 fully saturated rings. The molecule has 28 heavy (non-hydrogen) atoms. The van der Waals surface area contributed by atoms with Crippen molar-refractivity contribution in [3.05, 3.63) is 54.2 Å². The Balaban J connectivity index is 0.00000225. The summed E-state index contributed by atoms with van der Waals surface area (Å²) in [7, 11) is -2.28. The van der Waals surface area contributed by atoms with Crippen molar-refractivity contribution >= 4 is 39.0 Å². The molecule has 1 saturated heterocycles. The van der Waals surface area contributed by atoms with Crippen molar-refractivity contribution in [2.75, 3.05) is 38.2 Å². The van der Waals surface area contributed by atoms with Crippen molar-refractivity contribution in [1.29, 1.82) is 0 Å². The fraction of sp³-hybridized carbons (Fsp3) is 0.300. The SMILES string of the molecule is COc1cc(C)ccc1S(=O)(=O)n1ccc2c(N3CCNCC3)cccc21.Cl. The van der Waals surface area contributed by atoms with Crippen LogP contribution in [0.5, 0.6) is 5.75 Å². The second-order valence-electron chi connectivity index (χ2n) is 6.72. The second kappa shape index (κ2) is 8.03. The van der Waals surface area contributed by atoms with E-state index < -0.39 is 10.0 Å². The van der Waals surface area contributed by atoms with Gasteiger partial charge in [0.1, 0.15) is 10.6 Å². The minimum absolute atomic E-state index is 0. The van der Waals surface area contributed by atoms with Gasteiger partial charge in [-0.25, -0.2) is 12.4 Å². The van der Waals surface area contributed by atoms with E-state index in [1.807, 2.05) is 25.1 Å². The summed E-state index contributed by atoms with van der Waals surface area (Å²) in [5.74, 6) is 0.357. The van der Waals surface area contributed by atoms with E-state index in [4.69, 9.17) is 4.74 Å². The Morgan fingerprint density at radius 3 is 2.54 bits per heavy atom. The van der Waals surface area contributed by atoms with Gasteiger partial charge in [-0.2, -0.15) is 0 Å². The number of piperazine rings is 1. The molecule has 1 aromatic heterocycles. The number of nitrogens with one attached hydrogen (secondary N) is 1. The number of halogens is 1. The van der Waals surface area contributed by atoms with Gasteiger partial charge in [-0.1, -0.05) is 12.1 Å². The van der Waals surface area contributed by atoms with Crippen LogP contribution in [0.3, 0.4) is 0 Å². The van der Waals surface area contributed by atoms with E-state index in [2.05, 4.69) is 16.3 Å². The molecule has 0 bridgehead atoms. The zero-order chi connectivity index (χ0) is 19.0. The third-order valence-corrected chi connectivity index (χ3v) is 6.72. The summed E-state index contributed by atoms with van der Waals surface area (Å²) in [4.78, 5) is 2.46. The first-order valence-electron chi connectivity index (χ1n) is 8.98. The number of methoxy groups -OCH3 is 1. The Morgan fingerprint density at radius 2 is 1.82 bits per heavy atom. The number of anilines is 1. The number of aryl methyl sites for hydroxylation is 1. The zero-order valence-corrected chi connectivity index (χ0v) is 17.5. The molecule has 0 spiro atoms. The maximum absolute atomic E-state index is 13.3. The molecule has 0 radical (unpaired) electrons. The summed E-state index contributed by atoms with van der Waals surface area (Å²) in [6, 6.07) is 12.8. The highest BCUT2D eigenvalue weighted by molar-refractivity contribution is 7.90. The van der Waals surface area contributed by atoms with Gasteiger partial charge in [-0.15, -0.1) is 12.4 Å². The number of nitrogens with zero attached hydrogens (tertiary/aromatic N) is 2. The fourth-order valence-electron chi connectivity index (χ4n) is 3.61. The monoisotopic (exact) mass is 421 g/mol. The molecule has 2 heterocycles. The molecule has 0 amide bonds. The molecule has 1 aliphatic rings. The van der Waals surface area contributed by atoms with Crippen molar-refractivity contribution in [1.82, 2.24) is 9.29 Å². The van der Waals surface area contributed by atoms with Crippen LogP contribution < -0.4 is 15.0 Å². The van der Waals surface area contributed by atoms with E-state index in [-0.39, 0.29) is 17.3 Å². The van der Waals surface area contributed by atoms with E-state index in [1.54, 1.807) is 24.4 Å². The lowest BCUT2D eigenvalue weighted by Crippen LogP contribution is -2.43. The number of hydrogen-bond donors (Lipinski definition) is 1. The number of fused-ring (bicyclic) bond motifs is 1. The predicted octanol–water partition coefficient (Wildman–Crippen LogP) is 3.03. The minimum Gasteiger partial charge on any atom is -0.495 e. The lowest BCUT2D eigenvalue weighted by molar-refractivity contribution is 0.402. The number of ether oxygens (including phenoxy) is 1. The van der Waals surface area contributed by atoms with Crippen molar-refractivity contribution in [2.24, 2.45) is 0 Å². The van der Waals surface area contributed by atoms with Crippen LogP contribution in [0.2, 0.25) is 0 Å². The molecule has 150 valence electrons.